The molecule has 1 saturated heterocycles. The van der Waals surface area contributed by atoms with E-state index in [1.807, 2.05) is 31.4 Å². The molecular weight excluding hydrogens is 370 g/mol. The van der Waals surface area contributed by atoms with Crippen molar-refractivity contribution < 1.29 is 14.3 Å². The fourth-order valence-corrected chi connectivity index (χ4v) is 2.83. The number of pyridine rings is 1. The Balaban J connectivity index is 0.000000169. The second kappa shape index (κ2) is 9.81. The molecule has 29 heavy (non-hydrogen) atoms. The van der Waals surface area contributed by atoms with Gasteiger partial charge < -0.3 is 20.9 Å². The van der Waals surface area contributed by atoms with Crippen LogP contribution in [0.3, 0.4) is 0 Å². The van der Waals surface area contributed by atoms with E-state index in [2.05, 4.69) is 22.2 Å². The van der Waals surface area contributed by atoms with E-state index in [0.29, 0.717) is 12.7 Å². The number of nitrogens with two attached hydrogens (primary N) is 2. The lowest BCUT2D eigenvalue weighted by Crippen LogP contribution is -2.14. The highest BCUT2D eigenvalue weighted by Gasteiger charge is 2.15. The van der Waals surface area contributed by atoms with E-state index >= 15 is 0 Å². The van der Waals surface area contributed by atoms with E-state index in [9.17, 15) is 4.79 Å². The molecular formula is C21H25N5O3. The highest BCUT2D eigenvalue weighted by Crippen LogP contribution is 2.20. The van der Waals surface area contributed by atoms with Crippen molar-refractivity contribution in [1.82, 2.24) is 14.8 Å². The van der Waals surface area contributed by atoms with Gasteiger partial charge in [-0.3, -0.25) is 9.48 Å². The number of rotatable bonds is 5. The molecule has 0 spiro atoms. The van der Waals surface area contributed by atoms with Gasteiger partial charge in [-0.1, -0.05) is 30.3 Å². The lowest BCUT2D eigenvalue weighted by molar-refractivity contribution is 0.0317. The van der Waals surface area contributed by atoms with Gasteiger partial charge in [0.25, 0.3) is 5.91 Å². The van der Waals surface area contributed by atoms with E-state index in [0.717, 1.165) is 30.8 Å². The molecule has 4 N–H and O–H groups in total. The average Bonchev–Trinajstić information content (AvgIpc) is 3.40. The van der Waals surface area contributed by atoms with Gasteiger partial charge in [0.2, 0.25) is 0 Å². The first kappa shape index (κ1) is 20.5. The Hall–Kier alpha value is -3.23. The summed E-state index contributed by atoms with van der Waals surface area (Å²) >= 11 is 0. The average molecular weight is 395 g/mol. The lowest BCUT2D eigenvalue weighted by Gasteiger charge is -2.09. The second-order valence-corrected chi connectivity index (χ2v) is 6.71. The number of aryl methyl sites for hydroxylation is 1. The van der Waals surface area contributed by atoms with Crippen molar-refractivity contribution in [3.63, 3.8) is 0 Å². The number of amides is 1. The SMILES string of the molecule is Cn1cc(-c2cnc(N)c(C(N)=O)c2)cn1.c1ccc(COC2CCOC2)cc1. The van der Waals surface area contributed by atoms with Crippen LogP contribution in [0.2, 0.25) is 0 Å². The van der Waals surface area contributed by atoms with Crippen molar-refractivity contribution >= 4 is 11.7 Å². The Morgan fingerprint density at radius 3 is 2.69 bits per heavy atom. The zero-order chi connectivity index (χ0) is 20.6. The molecule has 8 heteroatoms. The van der Waals surface area contributed by atoms with Gasteiger partial charge >= 0.3 is 0 Å². The van der Waals surface area contributed by atoms with Gasteiger partial charge in [0, 0.05) is 37.2 Å². The first-order valence-electron chi connectivity index (χ1n) is 9.30. The summed E-state index contributed by atoms with van der Waals surface area (Å²) in [5.74, 6) is -0.448. The minimum absolute atomic E-state index is 0.139. The highest BCUT2D eigenvalue weighted by molar-refractivity contribution is 5.98. The molecule has 2 aromatic heterocycles. The molecule has 4 rings (SSSR count). The molecule has 8 nitrogen and oxygen atoms in total. The van der Waals surface area contributed by atoms with E-state index in [-0.39, 0.29) is 11.4 Å². The number of primary amides is 1. The fourth-order valence-electron chi connectivity index (χ4n) is 2.83. The van der Waals surface area contributed by atoms with Crippen LogP contribution in [0.15, 0.2) is 55.0 Å². The van der Waals surface area contributed by atoms with Crippen LogP contribution in [0.4, 0.5) is 5.82 Å². The van der Waals surface area contributed by atoms with E-state index in [1.165, 1.54) is 5.56 Å². The van der Waals surface area contributed by atoms with Gasteiger partial charge in [0.15, 0.2) is 0 Å². The third-order valence-corrected chi connectivity index (χ3v) is 4.44. The van der Waals surface area contributed by atoms with Gasteiger partial charge in [-0.05, 0) is 18.1 Å². The summed E-state index contributed by atoms with van der Waals surface area (Å²) in [6.07, 6.45) is 6.42. The molecule has 0 saturated carbocycles. The first-order chi connectivity index (χ1) is 14.0. The molecule has 1 unspecified atom stereocenters. The monoisotopic (exact) mass is 395 g/mol. The second-order valence-electron chi connectivity index (χ2n) is 6.71. The van der Waals surface area contributed by atoms with Crippen LogP contribution in [-0.2, 0) is 23.1 Å². The zero-order valence-corrected chi connectivity index (χ0v) is 16.3. The van der Waals surface area contributed by atoms with Crippen molar-refractivity contribution in [3.8, 4) is 11.1 Å². The third-order valence-electron chi connectivity index (χ3n) is 4.44. The number of carbonyl (C=O) groups is 1. The lowest BCUT2D eigenvalue weighted by atomic mass is 10.1. The Labute approximate surface area is 169 Å². The van der Waals surface area contributed by atoms with Crippen molar-refractivity contribution in [1.29, 1.82) is 0 Å². The standard InChI is InChI=1S/C11H14O2.C10H11N5O/c1-2-4-10(5-3-1)8-13-11-6-7-12-9-11;1-15-5-7(4-14-15)6-2-8(10(12)16)9(11)13-3-6/h1-5,11H,6-9H2;2-5H,1H3,(H2,11,13)(H2,12,16). The molecule has 3 aromatic rings. The van der Waals surface area contributed by atoms with Crippen LogP contribution in [0, 0.1) is 0 Å². The highest BCUT2D eigenvalue weighted by atomic mass is 16.5. The van der Waals surface area contributed by atoms with E-state index < -0.39 is 5.91 Å². The molecule has 152 valence electrons. The van der Waals surface area contributed by atoms with E-state index in [4.69, 9.17) is 20.9 Å². The van der Waals surface area contributed by atoms with Crippen LogP contribution in [0.5, 0.6) is 0 Å². The van der Waals surface area contributed by atoms with Crippen LogP contribution in [-0.4, -0.2) is 40.0 Å². The molecule has 1 aromatic carbocycles. The number of benzene rings is 1. The van der Waals surface area contributed by atoms with Crippen molar-refractivity contribution in [3.05, 3.63) is 66.1 Å². The number of carbonyl (C=O) groups excluding carboxylic acids is 1. The predicted octanol–water partition coefficient (Wildman–Crippen LogP) is 2.16. The number of ether oxygens (including phenoxy) is 2. The third kappa shape index (κ3) is 5.87. The van der Waals surface area contributed by atoms with Crippen molar-refractivity contribution in [2.75, 3.05) is 18.9 Å². The van der Waals surface area contributed by atoms with Crippen LogP contribution in [0.1, 0.15) is 22.3 Å². The number of nitrogens with zero attached hydrogens (tertiary/aromatic N) is 3. The minimum atomic E-state index is -0.587. The smallest absolute Gasteiger partial charge is 0.252 e. The molecule has 1 amide bonds. The van der Waals surface area contributed by atoms with Crippen LogP contribution < -0.4 is 11.5 Å². The molecule has 0 aliphatic carbocycles. The molecule has 0 bridgehead atoms. The molecule has 1 aliphatic rings. The maximum atomic E-state index is 11.1. The normalized spacial score (nSPS) is 15.6. The van der Waals surface area contributed by atoms with Crippen molar-refractivity contribution in [2.45, 2.75) is 19.1 Å². The van der Waals surface area contributed by atoms with Gasteiger partial charge in [0.05, 0.1) is 31.1 Å². The molecule has 1 aliphatic heterocycles. The van der Waals surface area contributed by atoms with Gasteiger partial charge in [-0.25, -0.2) is 4.98 Å². The zero-order valence-electron chi connectivity index (χ0n) is 16.3. The summed E-state index contributed by atoms with van der Waals surface area (Å²) in [7, 11) is 1.81. The Kier molecular flexibility index (Phi) is 6.94. The Morgan fingerprint density at radius 1 is 1.28 bits per heavy atom. The first-order valence-corrected chi connectivity index (χ1v) is 9.30. The Morgan fingerprint density at radius 2 is 2.07 bits per heavy atom. The number of nitrogen functional groups attached to an aromatic ring is 1. The topological polar surface area (TPSA) is 118 Å². The van der Waals surface area contributed by atoms with Crippen LogP contribution >= 0.6 is 0 Å². The quantitative estimate of drug-likeness (QED) is 0.683. The summed E-state index contributed by atoms with van der Waals surface area (Å²) in [6.45, 7) is 2.31. The maximum Gasteiger partial charge on any atom is 0.252 e. The number of anilines is 1. The minimum Gasteiger partial charge on any atom is -0.383 e. The van der Waals surface area contributed by atoms with Gasteiger partial charge in [-0.2, -0.15) is 5.10 Å². The molecule has 1 atom stereocenters. The van der Waals surface area contributed by atoms with Gasteiger partial charge in [-0.15, -0.1) is 0 Å². The molecule has 1 fully saturated rings. The molecule has 0 radical (unpaired) electrons. The predicted molar refractivity (Wildman–Crippen MR) is 110 cm³/mol. The summed E-state index contributed by atoms with van der Waals surface area (Å²) in [6, 6.07) is 11.9. The summed E-state index contributed by atoms with van der Waals surface area (Å²) < 4.78 is 12.5. The largest absolute Gasteiger partial charge is 0.383 e. The van der Waals surface area contributed by atoms with Crippen LogP contribution in [0.25, 0.3) is 11.1 Å². The maximum absolute atomic E-state index is 11.1. The summed E-state index contributed by atoms with van der Waals surface area (Å²) in [5.41, 5.74) is 13.8. The van der Waals surface area contributed by atoms with Gasteiger partial charge in [0.1, 0.15) is 5.82 Å². The number of hydrogen-bond donors (Lipinski definition) is 2. The fraction of sp³-hybridized carbons (Fsp3) is 0.286. The van der Waals surface area contributed by atoms with E-state index in [1.54, 1.807) is 23.1 Å². The van der Waals surface area contributed by atoms with Crippen molar-refractivity contribution in [2.24, 2.45) is 12.8 Å². The number of hydrogen-bond acceptors (Lipinski definition) is 6. The molecule has 3 heterocycles. The summed E-state index contributed by atoms with van der Waals surface area (Å²) in [4.78, 5) is 15.0. The summed E-state index contributed by atoms with van der Waals surface area (Å²) in [5, 5.41) is 4.03. The Bertz CT molecular complexity index is 936. The number of aromatic nitrogens is 3.